The van der Waals surface area contributed by atoms with Gasteiger partial charge in [0.05, 0.1) is 17.4 Å². The highest BCUT2D eigenvalue weighted by molar-refractivity contribution is 7.89. The standard InChI is InChI=1S/C18H27NO4S/c1-5-23-17(20)14-7-6-12-19(13-14)24(21,22)16-10-8-15(9-11-16)18(2,3)4/h8-11,14H,5-7,12-13H2,1-4H3. The molecule has 1 saturated heterocycles. The number of sulfonamides is 1. The van der Waals surface area contributed by atoms with Gasteiger partial charge in [0.15, 0.2) is 0 Å². The average molecular weight is 353 g/mol. The van der Waals surface area contributed by atoms with Crippen LogP contribution in [0.1, 0.15) is 46.1 Å². The van der Waals surface area contributed by atoms with Crippen LogP contribution in [0.2, 0.25) is 0 Å². The van der Waals surface area contributed by atoms with Gasteiger partial charge in [-0.2, -0.15) is 4.31 Å². The molecular formula is C18H27NO4S. The second kappa shape index (κ2) is 7.23. The molecule has 0 radical (unpaired) electrons. The summed E-state index contributed by atoms with van der Waals surface area (Å²) in [6.45, 7) is 8.98. The Balaban J connectivity index is 2.19. The second-order valence-electron chi connectivity index (χ2n) is 7.23. The minimum absolute atomic E-state index is 0.0254. The lowest BCUT2D eigenvalue weighted by Gasteiger charge is -2.30. The molecule has 1 aromatic rings. The Morgan fingerprint density at radius 2 is 1.88 bits per heavy atom. The molecule has 0 aromatic heterocycles. The molecule has 1 heterocycles. The van der Waals surface area contributed by atoms with E-state index in [-0.39, 0.29) is 28.7 Å². The van der Waals surface area contributed by atoms with Gasteiger partial charge in [-0.3, -0.25) is 4.79 Å². The van der Waals surface area contributed by atoms with Crippen molar-refractivity contribution in [2.45, 2.75) is 50.8 Å². The highest BCUT2D eigenvalue weighted by Gasteiger charge is 2.34. The van der Waals surface area contributed by atoms with Crippen LogP contribution in [0.4, 0.5) is 0 Å². The van der Waals surface area contributed by atoms with Crippen LogP contribution in [0.25, 0.3) is 0 Å². The average Bonchev–Trinajstić information content (AvgIpc) is 2.54. The van der Waals surface area contributed by atoms with Crippen molar-refractivity contribution < 1.29 is 17.9 Å². The number of nitrogens with zero attached hydrogens (tertiary/aromatic N) is 1. The van der Waals surface area contributed by atoms with E-state index in [9.17, 15) is 13.2 Å². The maximum atomic E-state index is 12.8. The van der Waals surface area contributed by atoms with Crippen molar-refractivity contribution in [2.75, 3.05) is 19.7 Å². The quantitative estimate of drug-likeness (QED) is 0.781. The number of rotatable bonds is 4. The Labute approximate surface area is 145 Å². The maximum absolute atomic E-state index is 12.8. The zero-order chi connectivity index (χ0) is 18.0. The lowest BCUT2D eigenvalue weighted by Crippen LogP contribution is -2.42. The van der Waals surface area contributed by atoms with Crippen molar-refractivity contribution in [2.24, 2.45) is 5.92 Å². The fourth-order valence-corrected chi connectivity index (χ4v) is 4.41. The lowest BCUT2D eigenvalue weighted by molar-refractivity contribution is -0.149. The summed E-state index contributed by atoms with van der Waals surface area (Å²) in [7, 11) is -3.58. The van der Waals surface area contributed by atoms with Crippen LogP contribution in [0, 0.1) is 5.92 Å². The van der Waals surface area contributed by atoms with E-state index in [1.54, 1.807) is 19.1 Å². The molecule has 0 spiro atoms. The molecular weight excluding hydrogens is 326 g/mol. The third kappa shape index (κ3) is 4.16. The van der Waals surface area contributed by atoms with Crippen LogP contribution in [0.5, 0.6) is 0 Å². The van der Waals surface area contributed by atoms with Crippen LogP contribution in [0.15, 0.2) is 29.2 Å². The van der Waals surface area contributed by atoms with Gasteiger partial charge >= 0.3 is 5.97 Å². The molecule has 2 rings (SSSR count). The van der Waals surface area contributed by atoms with Crippen LogP contribution in [-0.4, -0.2) is 38.4 Å². The summed E-state index contributed by atoms with van der Waals surface area (Å²) in [4.78, 5) is 12.2. The van der Waals surface area contributed by atoms with Crippen molar-refractivity contribution in [1.29, 1.82) is 0 Å². The minimum atomic E-state index is -3.58. The molecule has 134 valence electrons. The van der Waals surface area contributed by atoms with Gasteiger partial charge < -0.3 is 4.74 Å². The first-order valence-electron chi connectivity index (χ1n) is 8.43. The number of piperidine rings is 1. The van der Waals surface area contributed by atoms with Gasteiger partial charge in [0, 0.05) is 13.1 Å². The molecule has 1 aliphatic rings. The minimum Gasteiger partial charge on any atom is -0.466 e. The van der Waals surface area contributed by atoms with Crippen molar-refractivity contribution >= 4 is 16.0 Å². The summed E-state index contributed by atoms with van der Waals surface area (Å²) in [5, 5.41) is 0. The van der Waals surface area contributed by atoms with E-state index in [4.69, 9.17) is 4.74 Å². The Kier molecular flexibility index (Phi) is 5.71. The third-order valence-electron chi connectivity index (χ3n) is 4.36. The first-order valence-corrected chi connectivity index (χ1v) is 9.87. The summed E-state index contributed by atoms with van der Waals surface area (Å²) in [5.74, 6) is -0.678. The molecule has 1 atom stereocenters. The van der Waals surface area contributed by atoms with Gasteiger partial charge in [-0.05, 0) is 42.9 Å². The van der Waals surface area contributed by atoms with E-state index in [2.05, 4.69) is 20.8 Å². The van der Waals surface area contributed by atoms with Crippen molar-refractivity contribution in [3.8, 4) is 0 Å². The molecule has 1 fully saturated rings. The second-order valence-corrected chi connectivity index (χ2v) is 9.17. The lowest BCUT2D eigenvalue weighted by atomic mass is 9.87. The van der Waals surface area contributed by atoms with Crippen LogP contribution in [0.3, 0.4) is 0 Å². The summed E-state index contributed by atoms with van der Waals surface area (Å²) in [5.41, 5.74) is 1.06. The van der Waals surface area contributed by atoms with Gasteiger partial charge in [0.2, 0.25) is 10.0 Å². The summed E-state index contributed by atoms with van der Waals surface area (Å²) >= 11 is 0. The predicted molar refractivity (Wildman–Crippen MR) is 93.3 cm³/mol. The molecule has 1 unspecified atom stereocenters. The fourth-order valence-electron chi connectivity index (χ4n) is 2.89. The number of benzene rings is 1. The monoisotopic (exact) mass is 353 g/mol. The Bertz CT molecular complexity index is 674. The molecule has 1 aliphatic heterocycles. The number of carbonyl (C=O) groups is 1. The van der Waals surface area contributed by atoms with Crippen LogP contribution < -0.4 is 0 Å². The number of ether oxygens (including phenoxy) is 1. The number of carbonyl (C=O) groups excluding carboxylic acids is 1. The molecule has 6 heteroatoms. The SMILES string of the molecule is CCOC(=O)C1CCCN(S(=O)(=O)c2ccc(C(C)(C)C)cc2)C1. The summed E-state index contributed by atoms with van der Waals surface area (Å²) in [6.07, 6.45) is 1.34. The van der Waals surface area contributed by atoms with Crippen LogP contribution >= 0.6 is 0 Å². The maximum Gasteiger partial charge on any atom is 0.310 e. The summed E-state index contributed by atoms with van der Waals surface area (Å²) in [6, 6.07) is 7.03. The first kappa shape index (κ1) is 18.9. The normalized spacial score (nSPS) is 19.9. The number of hydrogen-bond donors (Lipinski definition) is 0. The zero-order valence-corrected chi connectivity index (χ0v) is 15.7. The Morgan fingerprint density at radius 1 is 1.25 bits per heavy atom. The summed E-state index contributed by atoms with van der Waals surface area (Å²) < 4.78 is 32.1. The van der Waals surface area contributed by atoms with Gasteiger partial charge in [0.1, 0.15) is 0 Å². The highest BCUT2D eigenvalue weighted by Crippen LogP contribution is 2.27. The van der Waals surface area contributed by atoms with Crippen LogP contribution in [-0.2, 0) is 25.0 Å². The topological polar surface area (TPSA) is 63.7 Å². The Morgan fingerprint density at radius 3 is 2.42 bits per heavy atom. The molecule has 0 N–H and O–H groups in total. The molecule has 0 bridgehead atoms. The third-order valence-corrected chi connectivity index (χ3v) is 6.24. The van der Waals surface area contributed by atoms with E-state index in [0.29, 0.717) is 26.0 Å². The van der Waals surface area contributed by atoms with E-state index in [1.807, 2.05) is 12.1 Å². The molecule has 1 aromatic carbocycles. The number of hydrogen-bond acceptors (Lipinski definition) is 4. The zero-order valence-electron chi connectivity index (χ0n) is 14.9. The van der Waals surface area contributed by atoms with Crippen molar-refractivity contribution in [1.82, 2.24) is 4.31 Å². The van der Waals surface area contributed by atoms with E-state index >= 15 is 0 Å². The predicted octanol–water partition coefficient (Wildman–Crippen LogP) is 2.95. The first-order chi connectivity index (χ1) is 11.2. The van der Waals surface area contributed by atoms with E-state index in [0.717, 1.165) is 5.56 Å². The molecule has 0 amide bonds. The van der Waals surface area contributed by atoms with Gasteiger partial charge in [-0.1, -0.05) is 32.9 Å². The van der Waals surface area contributed by atoms with Crippen molar-refractivity contribution in [3.63, 3.8) is 0 Å². The van der Waals surface area contributed by atoms with Gasteiger partial charge in [0.25, 0.3) is 0 Å². The van der Waals surface area contributed by atoms with Crippen molar-refractivity contribution in [3.05, 3.63) is 29.8 Å². The van der Waals surface area contributed by atoms with Gasteiger partial charge in [-0.25, -0.2) is 8.42 Å². The van der Waals surface area contributed by atoms with E-state index < -0.39 is 10.0 Å². The highest BCUT2D eigenvalue weighted by atomic mass is 32.2. The number of esters is 1. The van der Waals surface area contributed by atoms with Gasteiger partial charge in [-0.15, -0.1) is 0 Å². The molecule has 0 saturated carbocycles. The smallest absolute Gasteiger partial charge is 0.310 e. The molecule has 0 aliphatic carbocycles. The van der Waals surface area contributed by atoms with E-state index in [1.165, 1.54) is 4.31 Å². The Hall–Kier alpha value is -1.40. The fraction of sp³-hybridized carbons (Fsp3) is 0.611. The largest absolute Gasteiger partial charge is 0.466 e. The molecule has 5 nitrogen and oxygen atoms in total. The molecule has 24 heavy (non-hydrogen) atoms.